The minimum absolute atomic E-state index is 0.617. The number of rotatable bonds is 7. The number of methoxy groups -OCH3 is 1. The molecule has 0 spiro atoms. The van der Waals surface area contributed by atoms with Gasteiger partial charge < -0.3 is 9.47 Å². The molecule has 1 unspecified atom stereocenters. The molecule has 0 radical (unpaired) electrons. The number of benzene rings is 1. The Bertz CT molecular complexity index is 417. The molecular formula is C16H23NO2. The zero-order valence-corrected chi connectivity index (χ0v) is 11.8. The van der Waals surface area contributed by atoms with Gasteiger partial charge in [0, 0.05) is 19.1 Å². The molecule has 0 N–H and O–H groups in total. The van der Waals surface area contributed by atoms with Crippen LogP contribution in [0.25, 0.3) is 0 Å². The Kier molecular flexibility index (Phi) is 5.28. The van der Waals surface area contributed by atoms with E-state index in [1.807, 2.05) is 24.3 Å². The molecule has 104 valence electrons. The van der Waals surface area contributed by atoms with Gasteiger partial charge in [-0.15, -0.1) is 0 Å². The Labute approximate surface area is 115 Å². The van der Waals surface area contributed by atoms with Crippen molar-refractivity contribution in [2.24, 2.45) is 0 Å². The molecule has 0 aromatic heterocycles. The van der Waals surface area contributed by atoms with E-state index in [4.69, 9.17) is 9.47 Å². The molecule has 2 rings (SSSR count). The van der Waals surface area contributed by atoms with Gasteiger partial charge in [-0.3, -0.25) is 4.90 Å². The van der Waals surface area contributed by atoms with Crippen molar-refractivity contribution in [3.05, 3.63) is 36.4 Å². The van der Waals surface area contributed by atoms with Gasteiger partial charge in [0.15, 0.2) is 11.5 Å². The summed E-state index contributed by atoms with van der Waals surface area (Å²) in [6.45, 7) is 5.12. The van der Waals surface area contributed by atoms with Crippen molar-refractivity contribution in [3.8, 4) is 11.5 Å². The van der Waals surface area contributed by atoms with Crippen LogP contribution in [0.4, 0.5) is 0 Å². The number of ether oxygens (including phenoxy) is 2. The summed E-state index contributed by atoms with van der Waals surface area (Å²) in [5.41, 5.74) is 0. The van der Waals surface area contributed by atoms with Gasteiger partial charge >= 0.3 is 0 Å². The zero-order chi connectivity index (χ0) is 13.5. The molecule has 0 amide bonds. The summed E-state index contributed by atoms with van der Waals surface area (Å²) in [4.78, 5) is 2.49. The molecule has 1 aliphatic rings. The van der Waals surface area contributed by atoms with Gasteiger partial charge in [0.2, 0.25) is 0 Å². The summed E-state index contributed by atoms with van der Waals surface area (Å²) in [5, 5.41) is 0. The maximum Gasteiger partial charge on any atom is 0.161 e. The van der Waals surface area contributed by atoms with E-state index >= 15 is 0 Å². The van der Waals surface area contributed by atoms with Gasteiger partial charge in [0.25, 0.3) is 0 Å². The lowest BCUT2D eigenvalue weighted by atomic mass is 10.2. The van der Waals surface area contributed by atoms with Gasteiger partial charge in [-0.25, -0.2) is 0 Å². The maximum atomic E-state index is 5.78. The summed E-state index contributed by atoms with van der Waals surface area (Å²) in [6, 6.07) is 8.41. The van der Waals surface area contributed by atoms with Crippen molar-refractivity contribution >= 4 is 0 Å². The van der Waals surface area contributed by atoms with Crippen LogP contribution < -0.4 is 9.47 Å². The second kappa shape index (κ2) is 7.19. The highest BCUT2D eigenvalue weighted by Crippen LogP contribution is 2.25. The first-order valence-corrected chi connectivity index (χ1v) is 7.01. The Morgan fingerprint density at radius 3 is 2.79 bits per heavy atom. The lowest BCUT2D eigenvalue weighted by molar-refractivity contribution is 0.225. The summed E-state index contributed by atoms with van der Waals surface area (Å²) in [5.74, 6) is 1.63. The van der Waals surface area contributed by atoms with E-state index in [-0.39, 0.29) is 0 Å². The Balaban J connectivity index is 1.72. The maximum absolute atomic E-state index is 5.78. The fourth-order valence-electron chi connectivity index (χ4n) is 2.45. The van der Waals surface area contributed by atoms with Gasteiger partial charge in [-0.05, 0) is 25.0 Å². The molecule has 19 heavy (non-hydrogen) atoms. The Hall–Kier alpha value is -1.48. The quantitative estimate of drug-likeness (QED) is 0.556. The minimum Gasteiger partial charge on any atom is -0.493 e. The van der Waals surface area contributed by atoms with Crippen LogP contribution in [-0.4, -0.2) is 37.7 Å². The zero-order valence-electron chi connectivity index (χ0n) is 11.8. The standard InChI is InChI=1S/C16H23NO2/c1-3-14-8-6-11-17(14)12-7-13-19-16-10-5-4-9-15(16)18-2/h4-6,8-10,14H,3,7,11-13H2,1-2H3. The molecule has 1 atom stereocenters. The largest absolute Gasteiger partial charge is 0.493 e. The van der Waals surface area contributed by atoms with Gasteiger partial charge in [0.1, 0.15) is 0 Å². The highest BCUT2D eigenvalue weighted by molar-refractivity contribution is 5.39. The molecule has 0 aliphatic carbocycles. The van der Waals surface area contributed by atoms with Crippen LogP contribution in [0.3, 0.4) is 0 Å². The summed E-state index contributed by atoms with van der Waals surface area (Å²) in [6.07, 6.45) is 6.79. The molecular weight excluding hydrogens is 238 g/mol. The van der Waals surface area contributed by atoms with Gasteiger partial charge in [0.05, 0.1) is 13.7 Å². The predicted molar refractivity (Wildman–Crippen MR) is 77.9 cm³/mol. The van der Waals surface area contributed by atoms with E-state index in [9.17, 15) is 0 Å². The van der Waals surface area contributed by atoms with Crippen LogP contribution in [0.15, 0.2) is 36.4 Å². The monoisotopic (exact) mass is 261 g/mol. The average Bonchev–Trinajstić information content (AvgIpc) is 2.91. The van der Waals surface area contributed by atoms with Crippen LogP contribution in [0, 0.1) is 0 Å². The van der Waals surface area contributed by atoms with Crippen molar-refractivity contribution in [3.63, 3.8) is 0 Å². The first kappa shape index (κ1) is 13.9. The van der Waals surface area contributed by atoms with Gasteiger partial charge in [-0.1, -0.05) is 31.2 Å². The number of hydrogen-bond donors (Lipinski definition) is 0. The average molecular weight is 261 g/mol. The molecule has 1 heterocycles. The van der Waals surface area contributed by atoms with Crippen LogP contribution in [0.1, 0.15) is 19.8 Å². The molecule has 0 saturated carbocycles. The molecule has 0 fully saturated rings. The third-order valence-electron chi connectivity index (χ3n) is 3.50. The van der Waals surface area contributed by atoms with E-state index in [0.29, 0.717) is 6.04 Å². The van der Waals surface area contributed by atoms with Crippen molar-refractivity contribution < 1.29 is 9.47 Å². The smallest absolute Gasteiger partial charge is 0.161 e. The molecule has 3 heteroatoms. The lowest BCUT2D eigenvalue weighted by Crippen LogP contribution is -2.31. The van der Waals surface area contributed by atoms with Crippen molar-refractivity contribution in [2.45, 2.75) is 25.8 Å². The summed E-state index contributed by atoms with van der Waals surface area (Å²) >= 11 is 0. The fourth-order valence-corrected chi connectivity index (χ4v) is 2.45. The first-order chi connectivity index (χ1) is 9.35. The second-order valence-corrected chi connectivity index (χ2v) is 4.75. The Morgan fingerprint density at radius 1 is 1.26 bits per heavy atom. The van der Waals surface area contributed by atoms with Crippen LogP contribution in [0.2, 0.25) is 0 Å². The second-order valence-electron chi connectivity index (χ2n) is 4.75. The first-order valence-electron chi connectivity index (χ1n) is 7.01. The minimum atomic E-state index is 0.617. The van der Waals surface area contributed by atoms with E-state index in [0.717, 1.165) is 37.6 Å². The molecule has 1 aromatic rings. The van der Waals surface area contributed by atoms with E-state index in [1.165, 1.54) is 6.42 Å². The molecule has 1 aromatic carbocycles. The Morgan fingerprint density at radius 2 is 2.05 bits per heavy atom. The van der Waals surface area contributed by atoms with Crippen molar-refractivity contribution in [1.29, 1.82) is 0 Å². The van der Waals surface area contributed by atoms with Crippen molar-refractivity contribution in [1.82, 2.24) is 4.90 Å². The van der Waals surface area contributed by atoms with Gasteiger partial charge in [-0.2, -0.15) is 0 Å². The lowest BCUT2D eigenvalue weighted by Gasteiger charge is -2.23. The highest BCUT2D eigenvalue weighted by Gasteiger charge is 2.16. The topological polar surface area (TPSA) is 21.7 Å². The van der Waals surface area contributed by atoms with Crippen LogP contribution >= 0.6 is 0 Å². The van der Waals surface area contributed by atoms with Crippen LogP contribution in [0.5, 0.6) is 11.5 Å². The summed E-state index contributed by atoms with van der Waals surface area (Å²) < 4.78 is 11.0. The summed E-state index contributed by atoms with van der Waals surface area (Å²) in [7, 11) is 1.67. The fraction of sp³-hybridized carbons (Fsp3) is 0.500. The molecule has 0 saturated heterocycles. The normalized spacial score (nSPS) is 18.7. The van der Waals surface area contributed by atoms with Crippen molar-refractivity contribution in [2.75, 3.05) is 26.8 Å². The number of para-hydroxylation sites is 2. The van der Waals surface area contributed by atoms with Crippen LogP contribution in [-0.2, 0) is 0 Å². The molecule has 3 nitrogen and oxygen atoms in total. The molecule has 0 bridgehead atoms. The number of hydrogen-bond acceptors (Lipinski definition) is 3. The van der Waals surface area contributed by atoms with E-state index in [1.54, 1.807) is 7.11 Å². The SMILES string of the molecule is CCC1C=CCN1CCCOc1ccccc1OC. The predicted octanol–water partition coefficient (Wildman–Crippen LogP) is 3.11. The highest BCUT2D eigenvalue weighted by atomic mass is 16.5. The number of nitrogens with zero attached hydrogens (tertiary/aromatic N) is 1. The molecule has 1 aliphatic heterocycles. The third-order valence-corrected chi connectivity index (χ3v) is 3.50. The van der Waals surface area contributed by atoms with E-state index < -0.39 is 0 Å². The third kappa shape index (κ3) is 3.74. The van der Waals surface area contributed by atoms with E-state index in [2.05, 4.69) is 24.0 Å².